The van der Waals surface area contributed by atoms with Crippen molar-refractivity contribution in [3.8, 4) is 0 Å². The first-order valence-corrected chi connectivity index (χ1v) is 7.71. The first-order chi connectivity index (χ1) is 10.0. The van der Waals surface area contributed by atoms with Crippen LogP contribution in [0.4, 0.5) is 0 Å². The number of amides is 2. The van der Waals surface area contributed by atoms with Crippen molar-refractivity contribution in [1.82, 2.24) is 10.2 Å². The molecule has 0 atom stereocenters. The number of nitrogens with zero attached hydrogens (tertiary/aromatic N) is 1. The van der Waals surface area contributed by atoms with E-state index >= 15 is 0 Å². The van der Waals surface area contributed by atoms with E-state index in [2.05, 4.69) is 5.32 Å². The minimum Gasteiger partial charge on any atom is -0.350 e. The van der Waals surface area contributed by atoms with Crippen LogP contribution in [-0.4, -0.2) is 35.8 Å². The summed E-state index contributed by atoms with van der Waals surface area (Å²) in [7, 11) is 0. The highest BCUT2D eigenvalue weighted by molar-refractivity contribution is 5.96. The molecule has 0 unspecified atom stereocenters. The summed E-state index contributed by atoms with van der Waals surface area (Å²) in [4.78, 5) is 26.1. The molecule has 0 spiro atoms. The third-order valence-electron chi connectivity index (χ3n) is 4.61. The Morgan fingerprint density at radius 2 is 1.90 bits per heavy atom. The third kappa shape index (κ3) is 2.80. The van der Waals surface area contributed by atoms with Crippen molar-refractivity contribution in [2.75, 3.05) is 13.1 Å². The molecule has 112 valence electrons. The van der Waals surface area contributed by atoms with E-state index in [1.54, 1.807) is 0 Å². The van der Waals surface area contributed by atoms with Crippen LogP contribution in [0.25, 0.3) is 0 Å². The van der Waals surface area contributed by atoms with Gasteiger partial charge in [-0.05, 0) is 38.3 Å². The van der Waals surface area contributed by atoms with Gasteiger partial charge in [0.2, 0.25) is 5.91 Å². The largest absolute Gasteiger partial charge is 0.350 e. The first-order valence-electron chi connectivity index (χ1n) is 7.71. The third-order valence-corrected chi connectivity index (χ3v) is 4.61. The van der Waals surface area contributed by atoms with Crippen molar-refractivity contribution in [3.63, 3.8) is 0 Å². The zero-order valence-electron chi connectivity index (χ0n) is 12.7. The van der Waals surface area contributed by atoms with Gasteiger partial charge in [0, 0.05) is 24.6 Å². The maximum atomic E-state index is 12.4. The van der Waals surface area contributed by atoms with Gasteiger partial charge in [0.1, 0.15) is 0 Å². The molecule has 1 aliphatic carbocycles. The summed E-state index contributed by atoms with van der Waals surface area (Å²) >= 11 is 0. The molecule has 3 rings (SSSR count). The number of hydrogen-bond acceptors (Lipinski definition) is 2. The Morgan fingerprint density at radius 3 is 2.52 bits per heavy atom. The van der Waals surface area contributed by atoms with Crippen LogP contribution in [0.15, 0.2) is 18.2 Å². The molecule has 1 aliphatic heterocycles. The summed E-state index contributed by atoms with van der Waals surface area (Å²) in [5.41, 5.74) is 2.88. The van der Waals surface area contributed by atoms with Crippen LogP contribution in [0, 0.1) is 19.8 Å². The van der Waals surface area contributed by atoms with Gasteiger partial charge < -0.3 is 10.2 Å². The highest BCUT2D eigenvalue weighted by Crippen LogP contribution is 2.27. The molecular formula is C17H22N2O2. The van der Waals surface area contributed by atoms with Crippen LogP contribution < -0.4 is 5.32 Å². The van der Waals surface area contributed by atoms with Gasteiger partial charge in [-0.3, -0.25) is 9.59 Å². The lowest BCUT2D eigenvalue weighted by Gasteiger charge is -2.41. The molecule has 1 saturated heterocycles. The molecule has 4 heteroatoms. The number of likely N-dealkylation sites (tertiary alicyclic amines) is 1. The van der Waals surface area contributed by atoms with E-state index in [1.807, 2.05) is 36.9 Å². The summed E-state index contributed by atoms with van der Waals surface area (Å²) in [5, 5.41) is 3.05. The molecule has 1 heterocycles. The molecule has 2 amide bonds. The summed E-state index contributed by atoms with van der Waals surface area (Å²) in [6.45, 7) is 5.21. The van der Waals surface area contributed by atoms with Crippen molar-refractivity contribution < 1.29 is 9.59 Å². The van der Waals surface area contributed by atoms with E-state index in [0.29, 0.717) is 13.1 Å². The smallest absolute Gasteiger partial charge is 0.254 e. The van der Waals surface area contributed by atoms with Crippen LogP contribution in [0.2, 0.25) is 0 Å². The monoisotopic (exact) mass is 286 g/mol. The molecule has 2 fully saturated rings. The standard InChI is InChI=1S/C17H22N2O2/c1-11-6-7-12(2)15(8-11)17(21)19-9-14(10-19)18-16(20)13-4-3-5-13/h6-8,13-14H,3-5,9-10H2,1-2H3,(H,18,20). The number of hydrogen-bond donors (Lipinski definition) is 1. The predicted octanol–water partition coefficient (Wildman–Crippen LogP) is 2.04. The number of carbonyl (C=O) groups excluding carboxylic acids is 2. The average molecular weight is 286 g/mol. The molecule has 0 bridgehead atoms. The van der Waals surface area contributed by atoms with Gasteiger partial charge in [-0.1, -0.05) is 24.1 Å². The van der Waals surface area contributed by atoms with E-state index < -0.39 is 0 Å². The van der Waals surface area contributed by atoms with Crippen molar-refractivity contribution in [1.29, 1.82) is 0 Å². The highest BCUT2D eigenvalue weighted by Gasteiger charge is 2.35. The Labute approximate surface area is 125 Å². The van der Waals surface area contributed by atoms with Crippen LogP contribution in [0.1, 0.15) is 40.7 Å². The second-order valence-electron chi connectivity index (χ2n) is 6.36. The van der Waals surface area contributed by atoms with E-state index in [-0.39, 0.29) is 23.8 Å². The maximum absolute atomic E-state index is 12.4. The van der Waals surface area contributed by atoms with Crippen molar-refractivity contribution in [3.05, 3.63) is 34.9 Å². The number of rotatable bonds is 3. The average Bonchev–Trinajstić information content (AvgIpc) is 2.33. The fourth-order valence-corrected chi connectivity index (χ4v) is 2.86. The quantitative estimate of drug-likeness (QED) is 0.924. The topological polar surface area (TPSA) is 49.4 Å². The second-order valence-corrected chi connectivity index (χ2v) is 6.36. The van der Waals surface area contributed by atoms with Crippen LogP contribution in [-0.2, 0) is 4.79 Å². The van der Waals surface area contributed by atoms with Crippen LogP contribution in [0.3, 0.4) is 0 Å². The van der Waals surface area contributed by atoms with Crippen LogP contribution >= 0.6 is 0 Å². The summed E-state index contributed by atoms with van der Waals surface area (Å²) in [6, 6.07) is 6.08. The Morgan fingerprint density at radius 1 is 1.19 bits per heavy atom. The lowest BCUT2D eigenvalue weighted by molar-refractivity contribution is -0.129. The molecule has 0 aromatic heterocycles. The molecule has 1 aromatic carbocycles. The van der Waals surface area contributed by atoms with Gasteiger partial charge in [-0.2, -0.15) is 0 Å². The van der Waals surface area contributed by atoms with E-state index in [4.69, 9.17) is 0 Å². The molecule has 0 radical (unpaired) electrons. The number of aryl methyl sites for hydroxylation is 2. The Balaban J connectivity index is 1.54. The predicted molar refractivity (Wildman–Crippen MR) is 81.1 cm³/mol. The number of benzene rings is 1. The van der Waals surface area contributed by atoms with E-state index in [9.17, 15) is 9.59 Å². The van der Waals surface area contributed by atoms with Gasteiger partial charge in [0.15, 0.2) is 0 Å². The fourth-order valence-electron chi connectivity index (χ4n) is 2.86. The Kier molecular flexibility index (Phi) is 3.70. The maximum Gasteiger partial charge on any atom is 0.254 e. The minimum atomic E-state index is 0.0744. The molecule has 21 heavy (non-hydrogen) atoms. The summed E-state index contributed by atoms with van der Waals surface area (Å²) < 4.78 is 0. The second kappa shape index (κ2) is 5.51. The lowest BCUT2D eigenvalue weighted by atomic mass is 9.84. The first kappa shape index (κ1) is 14.1. The fraction of sp³-hybridized carbons (Fsp3) is 0.529. The van der Waals surface area contributed by atoms with E-state index in [0.717, 1.165) is 29.5 Å². The van der Waals surface area contributed by atoms with Gasteiger partial charge in [-0.25, -0.2) is 0 Å². The van der Waals surface area contributed by atoms with Crippen molar-refractivity contribution in [2.24, 2.45) is 5.92 Å². The lowest BCUT2D eigenvalue weighted by Crippen LogP contribution is -2.62. The van der Waals surface area contributed by atoms with Crippen LogP contribution in [0.5, 0.6) is 0 Å². The molecule has 1 N–H and O–H groups in total. The Bertz CT molecular complexity index is 572. The SMILES string of the molecule is Cc1ccc(C)c(C(=O)N2CC(NC(=O)C3CCC3)C2)c1. The zero-order valence-corrected chi connectivity index (χ0v) is 12.7. The van der Waals surface area contributed by atoms with Crippen molar-refractivity contribution >= 4 is 11.8 Å². The normalized spacial score (nSPS) is 18.9. The van der Waals surface area contributed by atoms with Gasteiger partial charge in [0.05, 0.1) is 6.04 Å². The zero-order chi connectivity index (χ0) is 15.0. The molecular weight excluding hydrogens is 264 g/mol. The molecule has 4 nitrogen and oxygen atoms in total. The number of nitrogens with one attached hydrogen (secondary N) is 1. The molecule has 2 aliphatic rings. The Hall–Kier alpha value is -1.84. The van der Waals surface area contributed by atoms with Gasteiger partial charge in [-0.15, -0.1) is 0 Å². The minimum absolute atomic E-state index is 0.0744. The van der Waals surface area contributed by atoms with E-state index in [1.165, 1.54) is 6.42 Å². The highest BCUT2D eigenvalue weighted by atomic mass is 16.2. The molecule has 1 saturated carbocycles. The van der Waals surface area contributed by atoms with Gasteiger partial charge in [0.25, 0.3) is 5.91 Å². The summed E-state index contributed by atoms with van der Waals surface area (Å²) in [6.07, 6.45) is 3.20. The number of carbonyl (C=O) groups is 2. The molecule has 1 aromatic rings. The van der Waals surface area contributed by atoms with Crippen molar-refractivity contribution in [2.45, 2.75) is 39.2 Å². The van der Waals surface area contributed by atoms with Gasteiger partial charge >= 0.3 is 0 Å². The summed E-state index contributed by atoms with van der Waals surface area (Å²) in [5.74, 6) is 0.462.